The van der Waals surface area contributed by atoms with E-state index in [1.165, 1.54) is 5.56 Å². The van der Waals surface area contributed by atoms with Crippen molar-refractivity contribution in [1.29, 1.82) is 0 Å². The third kappa shape index (κ3) is 2.50. The molecule has 1 amide bonds. The molecule has 4 heteroatoms. The Balaban J connectivity index is 1.69. The minimum Gasteiger partial charge on any atom is -0.384 e. The lowest BCUT2D eigenvalue weighted by Gasteiger charge is -2.08. The standard InChI is InChI=1S/C16H17N3O/c1-11-3-2-7-17-15(11)10-19-16(20)13-5-4-12-6-8-18-14(12)9-13/h2-5,7,9,18H,6,8,10H2,1H3,(H,19,20). The quantitative estimate of drug-likeness (QED) is 0.897. The van der Waals surface area contributed by atoms with Crippen molar-refractivity contribution in [2.75, 3.05) is 11.9 Å². The monoisotopic (exact) mass is 267 g/mol. The summed E-state index contributed by atoms with van der Waals surface area (Å²) in [5, 5.41) is 6.20. The molecular formula is C16H17N3O. The van der Waals surface area contributed by atoms with Gasteiger partial charge >= 0.3 is 0 Å². The van der Waals surface area contributed by atoms with E-state index in [1.54, 1.807) is 6.20 Å². The molecule has 0 bridgehead atoms. The lowest BCUT2D eigenvalue weighted by Crippen LogP contribution is -2.23. The fraction of sp³-hybridized carbons (Fsp3) is 0.250. The molecule has 2 N–H and O–H groups in total. The first-order chi connectivity index (χ1) is 9.74. The summed E-state index contributed by atoms with van der Waals surface area (Å²) < 4.78 is 0. The SMILES string of the molecule is Cc1cccnc1CNC(=O)c1ccc2c(c1)NCC2. The first kappa shape index (κ1) is 12.7. The van der Waals surface area contributed by atoms with Gasteiger partial charge in [-0.1, -0.05) is 12.1 Å². The third-order valence-corrected chi connectivity index (χ3v) is 3.62. The Hall–Kier alpha value is -2.36. The van der Waals surface area contributed by atoms with E-state index >= 15 is 0 Å². The zero-order valence-corrected chi connectivity index (χ0v) is 11.4. The molecule has 0 atom stereocenters. The Morgan fingerprint density at radius 1 is 1.40 bits per heavy atom. The molecule has 1 aromatic carbocycles. The number of rotatable bonds is 3. The number of anilines is 1. The summed E-state index contributed by atoms with van der Waals surface area (Å²) in [6.45, 7) is 3.40. The summed E-state index contributed by atoms with van der Waals surface area (Å²) in [4.78, 5) is 16.4. The van der Waals surface area contributed by atoms with Crippen molar-refractivity contribution < 1.29 is 4.79 Å². The summed E-state index contributed by atoms with van der Waals surface area (Å²) in [6.07, 6.45) is 2.78. The Labute approximate surface area is 118 Å². The molecule has 0 unspecified atom stereocenters. The molecule has 2 heterocycles. The molecule has 0 spiro atoms. The van der Waals surface area contributed by atoms with Crippen LogP contribution in [-0.2, 0) is 13.0 Å². The minimum absolute atomic E-state index is 0.0634. The van der Waals surface area contributed by atoms with Crippen LogP contribution in [0.5, 0.6) is 0 Å². The van der Waals surface area contributed by atoms with E-state index in [2.05, 4.69) is 15.6 Å². The molecule has 1 aliphatic heterocycles. The van der Waals surface area contributed by atoms with Crippen molar-refractivity contribution >= 4 is 11.6 Å². The molecule has 3 rings (SSSR count). The first-order valence-electron chi connectivity index (χ1n) is 6.79. The van der Waals surface area contributed by atoms with Crippen LogP contribution < -0.4 is 10.6 Å². The average molecular weight is 267 g/mol. The van der Waals surface area contributed by atoms with Gasteiger partial charge in [0.05, 0.1) is 12.2 Å². The molecule has 0 radical (unpaired) electrons. The number of benzene rings is 1. The van der Waals surface area contributed by atoms with Gasteiger partial charge in [0.2, 0.25) is 0 Å². The second-order valence-electron chi connectivity index (χ2n) is 5.00. The molecule has 102 valence electrons. The summed E-state index contributed by atoms with van der Waals surface area (Å²) in [5.41, 5.74) is 5.03. The predicted octanol–water partition coefficient (Wildman–Crippen LogP) is 2.29. The van der Waals surface area contributed by atoms with Crippen LogP contribution in [0.15, 0.2) is 36.5 Å². The normalized spacial score (nSPS) is 12.7. The van der Waals surface area contributed by atoms with Gasteiger partial charge in [0, 0.05) is 24.0 Å². The van der Waals surface area contributed by atoms with E-state index in [-0.39, 0.29) is 5.91 Å². The van der Waals surface area contributed by atoms with E-state index < -0.39 is 0 Å². The van der Waals surface area contributed by atoms with Crippen molar-refractivity contribution in [3.8, 4) is 0 Å². The molecule has 0 fully saturated rings. The van der Waals surface area contributed by atoms with Gasteiger partial charge in [-0.3, -0.25) is 9.78 Å². The Morgan fingerprint density at radius 2 is 2.30 bits per heavy atom. The zero-order valence-electron chi connectivity index (χ0n) is 11.4. The predicted molar refractivity (Wildman–Crippen MR) is 78.8 cm³/mol. The number of nitrogens with one attached hydrogen (secondary N) is 2. The summed E-state index contributed by atoms with van der Waals surface area (Å²) in [6, 6.07) is 9.71. The lowest BCUT2D eigenvalue weighted by molar-refractivity contribution is 0.0950. The molecule has 1 aromatic heterocycles. The molecule has 0 aliphatic carbocycles. The molecular weight excluding hydrogens is 250 g/mol. The van der Waals surface area contributed by atoms with Crippen LogP contribution in [0, 0.1) is 6.92 Å². The van der Waals surface area contributed by atoms with Gasteiger partial charge in [-0.05, 0) is 42.7 Å². The van der Waals surface area contributed by atoms with Crippen LogP contribution in [0.3, 0.4) is 0 Å². The van der Waals surface area contributed by atoms with E-state index in [4.69, 9.17) is 0 Å². The van der Waals surface area contributed by atoms with Crippen molar-refractivity contribution in [2.45, 2.75) is 19.9 Å². The van der Waals surface area contributed by atoms with Gasteiger partial charge in [-0.15, -0.1) is 0 Å². The number of aryl methyl sites for hydroxylation is 1. The van der Waals surface area contributed by atoms with Gasteiger partial charge in [0.15, 0.2) is 0 Å². The van der Waals surface area contributed by atoms with Gasteiger partial charge < -0.3 is 10.6 Å². The fourth-order valence-corrected chi connectivity index (χ4v) is 2.40. The maximum Gasteiger partial charge on any atom is 0.251 e. The highest BCUT2D eigenvalue weighted by Crippen LogP contribution is 2.23. The summed E-state index contributed by atoms with van der Waals surface area (Å²) in [7, 11) is 0. The Morgan fingerprint density at radius 3 is 3.15 bits per heavy atom. The lowest BCUT2D eigenvalue weighted by atomic mass is 10.1. The number of aromatic nitrogens is 1. The van der Waals surface area contributed by atoms with Gasteiger partial charge in [-0.25, -0.2) is 0 Å². The third-order valence-electron chi connectivity index (χ3n) is 3.62. The summed E-state index contributed by atoms with van der Waals surface area (Å²) in [5.74, 6) is -0.0634. The number of hydrogen-bond acceptors (Lipinski definition) is 3. The second-order valence-corrected chi connectivity index (χ2v) is 5.00. The van der Waals surface area contributed by atoms with Crippen LogP contribution in [-0.4, -0.2) is 17.4 Å². The average Bonchev–Trinajstić information content (AvgIpc) is 2.93. The van der Waals surface area contributed by atoms with Crippen LogP contribution in [0.1, 0.15) is 27.2 Å². The van der Waals surface area contributed by atoms with Crippen molar-refractivity contribution in [3.05, 3.63) is 58.9 Å². The van der Waals surface area contributed by atoms with E-state index in [1.807, 2.05) is 37.3 Å². The van der Waals surface area contributed by atoms with Crippen LogP contribution in [0.2, 0.25) is 0 Å². The highest BCUT2D eigenvalue weighted by atomic mass is 16.1. The Kier molecular flexibility index (Phi) is 3.37. The molecule has 2 aromatic rings. The van der Waals surface area contributed by atoms with Crippen molar-refractivity contribution in [2.24, 2.45) is 0 Å². The van der Waals surface area contributed by atoms with Gasteiger partial charge in [0.1, 0.15) is 0 Å². The minimum atomic E-state index is -0.0634. The fourth-order valence-electron chi connectivity index (χ4n) is 2.40. The largest absolute Gasteiger partial charge is 0.384 e. The molecule has 4 nitrogen and oxygen atoms in total. The van der Waals surface area contributed by atoms with Crippen LogP contribution in [0.25, 0.3) is 0 Å². The van der Waals surface area contributed by atoms with Crippen molar-refractivity contribution in [3.63, 3.8) is 0 Å². The highest BCUT2D eigenvalue weighted by Gasteiger charge is 2.13. The van der Waals surface area contributed by atoms with E-state index in [9.17, 15) is 4.79 Å². The maximum atomic E-state index is 12.2. The Bertz CT molecular complexity index is 652. The molecule has 20 heavy (non-hydrogen) atoms. The molecule has 0 saturated heterocycles. The molecule has 1 aliphatic rings. The van der Waals surface area contributed by atoms with Crippen LogP contribution >= 0.6 is 0 Å². The van der Waals surface area contributed by atoms with Gasteiger partial charge in [-0.2, -0.15) is 0 Å². The number of hydrogen-bond donors (Lipinski definition) is 2. The highest BCUT2D eigenvalue weighted by molar-refractivity contribution is 5.95. The number of carbonyl (C=O) groups excluding carboxylic acids is 1. The topological polar surface area (TPSA) is 54.0 Å². The number of amides is 1. The summed E-state index contributed by atoms with van der Waals surface area (Å²) >= 11 is 0. The zero-order chi connectivity index (χ0) is 13.9. The van der Waals surface area contributed by atoms with Gasteiger partial charge in [0.25, 0.3) is 5.91 Å². The number of nitrogens with zero attached hydrogens (tertiary/aromatic N) is 1. The van der Waals surface area contributed by atoms with E-state index in [0.29, 0.717) is 12.1 Å². The second kappa shape index (κ2) is 5.33. The first-order valence-corrected chi connectivity index (χ1v) is 6.79. The van der Waals surface area contributed by atoms with E-state index in [0.717, 1.165) is 29.9 Å². The van der Waals surface area contributed by atoms with Crippen molar-refractivity contribution in [1.82, 2.24) is 10.3 Å². The number of pyridine rings is 1. The van der Waals surface area contributed by atoms with Crippen LogP contribution in [0.4, 0.5) is 5.69 Å². The number of fused-ring (bicyclic) bond motifs is 1. The maximum absolute atomic E-state index is 12.2. The number of carbonyl (C=O) groups is 1. The molecule has 0 saturated carbocycles. The smallest absolute Gasteiger partial charge is 0.251 e.